The van der Waals surface area contributed by atoms with Crippen molar-refractivity contribution in [2.45, 2.75) is 32.1 Å². The number of aryl methyl sites for hydroxylation is 1. The van der Waals surface area contributed by atoms with Gasteiger partial charge in [-0.1, -0.05) is 60.7 Å². The first-order chi connectivity index (χ1) is 19.6. The Morgan fingerprint density at radius 2 is 1.23 bits per heavy atom. The van der Waals surface area contributed by atoms with E-state index in [1.54, 1.807) is 24.3 Å². The standard InChI is InChI=1S/C33H33N3O4/c37-31(18-9-19-32(38)40-24-10-13-25-11-3-1-4-12-25)36-30-17-8-7-16-29(30)33(39)35-28-22-20-27(21-23-28)34-26-14-5-2-6-15-26/h1-8,11-12,14-17,20-23,34H,9-10,13,18-19,24H2,(H,35,39)(H,36,37). The number of hydrogen-bond acceptors (Lipinski definition) is 5. The molecule has 0 heterocycles. The first kappa shape index (κ1) is 28.1. The van der Waals surface area contributed by atoms with Crippen LogP contribution in [0.4, 0.5) is 22.7 Å². The zero-order chi connectivity index (χ0) is 28.0. The summed E-state index contributed by atoms with van der Waals surface area (Å²) >= 11 is 0. The quantitative estimate of drug-likeness (QED) is 0.127. The zero-order valence-corrected chi connectivity index (χ0v) is 22.3. The summed E-state index contributed by atoms with van der Waals surface area (Å²) in [5.41, 5.74) is 4.47. The molecule has 0 fully saturated rings. The Balaban J connectivity index is 1.20. The molecule has 204 valence electrons. The molecule has 0 unspecified atom stereocenters. The first-order valence-corrected chi connectivity index (χ1v) is 13.4. The minimum absolute atomic E-state index is 0.144. The van der Waals surface area contributed by atoms with Crippen molar-refractivity contribution >= 4 is 40.5 Å². The SMILES string of the molecule is O=C(CCCC(=O)OCCCc1ccccc1)Nc1ccccc1C(=O)Nc1ccc(Nc2ccccc2)cc1. The van der Waals surface area contributed by atoms with Gasteiger partial charge >= 0.3 is 5.97 Å². The van der Waals surface area contributed by atoms with Gasteiger partial charge in [0.2, 0.25) is 5.91 Å². The summed E-state index contributed by atoms with van der Waals surface area (Å²) in [5.74, 6) is -0.919. The van der Waals surface area contributed by atoms with Gasteiger partial charge in [0, 0.05) is 29.9 Å². The van der Waals surface area contributed by atoms with Crippen molar-refractivity contribution in [3.05, 3.63) is 120 Å². The molecule has 0 aliphatic carbocycles. The van der Waals surface area contributed by atoms with Crippen molar-refractivity contribution in [3.8, 4) is 0 Å². The molecule has 0 saturated heterocycles. The normalized spacial score (nSPS) is 10.4. The van der Waals surface area contributed by atoms with Crippen LogP contribution in [-0.2, 0) is 20.7 Å². The van der Waals surface area contributed by atoms with Gasteiger partial charge in [0.05, 0.1) is 17.9 Å². The van der Waals surface area contributed by atoms with E-state index in [0.717, 1.165) is 24.2 Å². The van der Waals surface area contributed by atoms with Crippen molar-refractivity contribution in [2.75, 3.05) is 22.6 Å². The summed E-state index contributed by atoms with van der Waals surface area (Å²) in [4.78, 5) is 37.5. The second-order valence-electron chi connectivity index (χ2n) is 9.28. The van der Waals surface area contributed by atoms with E-state index in [0.29, 0.717) is 30.0 Å². The maximum absolute atomic E-state index is 13.0. The van der Waals surface area contributed by atoms with Gasteiger partial charge < -0.3 is 20.7 Å². The van der Waals surface area contributed by atoms with Crippen LogP contribution in [0, 0.1) is 0 Å². The monoisotopic (exact) mass is 535 g/mol. The number of benzene rings is 4. The number of carbonyl (C=O) groups is 3. The fourth-order valence-corrected chi connectivity index (χ4v) is 4.10. The highest BCUT2D eigenvalue weighted by Gasteiger charge is 2.14. The number of hydrogen-bond donors (Lipinski definition) is 3. The fourth-order valence-electron chi connectivity index (χ4n) is 4.10. The Morgan fingerprint density at radius 1 is 0.600 bits per heavy atom. The van der Waals surface area contributed by atoms with Crippen LogP contribution in [-0.4, -0.2) is 24.4 Å². The van der Waals surface area contributed by atoms with Crippen molar-refractivity contribution in [1.29, 1.82) is 0 Å². The van der Waals surface area contributed by atoms with Crippen molar-refractivity contribution < 1.29 is 19.1 Å². The van der Waals surface area contributed by atoms with Gasteiger partial charge in [-0.15, -0.1) is 0 Å². The number of anilines is 4. The molecule has 3 N–H and O–H groups in total. The highest BCUT2D eigenvalue weighted by Crippen LogP contribution is 2.21. The zero-order valence-electron chi connectivity index (χ0n) is 22.3. The van der Waals surface area contributed by atoms with Crippen LogP contribution in [0.25, 0.3) is 0 Å². The maximum Gasteiger partial charge on any atom is 0.305 e. The number of esters is 1. The molecule has 0 spiro atoms. The van der Waals surface area contributed by atoms with E-state index in [9.17, 15) is 14.4 Å². The molecule has 0 radical (unpaired) electrons. The molecule has 2 amide bonds. The Hall–Kier alpha value is -4.91. The van der Waals surface area contributed by atoms with E-state index in [4.69, 9.17) is 4.74 Å². The van der Waals surface area contributed by atoms with Gasteiger partial charge in [0.15, 0.2) is 0 Å². The third kappa shape index (κ3) is 9.13. The number of rotatable bonds is 13. The highest BCUT2D eigenvalue weighted by atomic mass is 16.5. The van der Waals surface area contributed by atoms with Gasteiger partial charge in [-0.05, 0) is 73.4 Å². The summed E-state index contributed by atoms with van der Waals surface area (Å²) in [7, 11) is 0. The topological polar surface area (TPSA) is 96.5 Å². The minimum Gasteiger partial charge on any atom is -0.466 e. The molecule has 0 aliphatic heterocycles. The Morgan fingerprint density at radius 3 is 1.98 bits per heavy atom. The van der Waals surface area contributed by atoms with Gasteiger partial charge in [-0.25, -0.2) is 0 Å². The number of carbonyl (C=O) groups excluding carboxylic acids is 3. The number of amides is 2. The molecule has 7 heteroatoms. The van der Waals surface area contributed by atoms with Gasteiger partial charge in [-0.3, -0.25) is 14.4 Å². The third-order valence-corrected chi connectivity index (χ3v) is 6.15. The Labute approximate surface area is 234 Å². The summed E-state index contributed by atoms with van der Waals surface area (Å²) in [5, 5.41) is 8.97. The second-order valence-corrected chi connectivity index (χ2v) is 9.28. The smallest absolute Gasteiger partial charge is 0.305 e. The fraction of sp³-hybridized carbons (Fsp3) is 0.182. The Bertz CT molecular complexity index is 1390. The van der Waals surface area contributed by atoms with E-state index in [1.165, 1.54) is 5.56 Å². The lowest BCUT2D eigenvalue weighted by Gasteiger charge is -2.12. The highest BCUT2D eigenvalue weighted by molar-refractivity contribution is 6.10. The third-order valence-electron chi connectivity index (χ3n) is 6.15. The average molecular weight is 536 g/mol. The lowest BCUT2D eigenvalue weighted by molar-refractivity contribution is -0.143. The molecule has 0 aliphatic rings. The summed E-state index contributed by atoms with van der Waals surface area (Å²) in [6.07, 6.45) is 2.27. The van der Waals surface area contributed by atoms with E-state index >= 15 is 0 Å². The lowest BCUT2D eigenvalue weighted by atomic mass is 10.1. The van der Waals surface area contributed by atoms with Crippen molar-refractivity contribution in [3.63, 3.8) is 0 Å². The number of para-hydroxylation sites is 2. The van der Waals surface area contributed by atoms with Crippen LogP contribution in [0.15, 0.2) is 109 Å². The molecular weight excluding hydrogens is 502 g/mol. The summed E-state index contributed by atoms with van der Waals surface area (Å²) < 4.78 is 5.28. The molecule has 0 aromatic heterocycles. The predicted octanol–water partition coefficient (Wildman–Crippen LogP) is 6.97. The second kappa shape index (κ2) is 14.9. The van der Waals surface area contributed by atoms with Gasteiger partial charge in [-0.2, -0.15) is 0 Å². The summed E-state index contributed by atoms with van der Waals surface area (Å²) in [6.45, 7) is 0.356. The van der Waals surface area contributed by atoms with Crippen LogP contribution in [0.2, 0.25) is 0 Å². The molecule has 7 nitrogen and oxygen atoms in total. The average Bonchev–Trinajstić information content (AvgIpc) is 2.98. The van der Waals surface area contributed by atoms with E-state index in [1.807, 2.05) is 84.9 Å². The molecule has 0 saturated carbocycles. The molecule has 4 rings (SSSR count). The van der Waals surface area contributed by atoms with Crippen LogP contribution < -0.4 is 16.0 Å². The molecule has 4 aromatic carbocycles. The van der Waals surface area contributed by atoms with Crippen LogP contribution >= 0.6 is 0 Å². The molecular formula is C33H33N3O4. The molecule has 40 heavy (non-hydrogen) atoms. The van der Waals surface area contributed by atoms with E-state index in [-0.39, 0.29) is 30.6 Å². The molecule has 4 aromatic rings. The minimum atomic E-state index is -0.334. The molecule has 0 atom stereocenters. The molecule has 0 bridgehead atoms. The first-order valence-electron chi connectivity index (χ1n) is 13.4. The van der Waals surface area contributed by atoms with Crippen LogP contribution in [0.1, 0.15) is 41.6 Å². The van der Waals surface area contributed by atoms with E-state index in [2.05, 4.69) is 16.0 Å². The van der Waals surface area contributed by atoms with Gasteiger partial charge in [0.25, 0.3) is 5.91 Å². The maximum atomic E-state index is 13.0. The largest absolute Gasteiger partial charge is 0.466 e. The van der Waals surface area contributed by atoms with Crippen molar-refractivity contribution in [1.82, 2.24) is 0 Å². The van der Waals surface area contributed by atoms with E-state index < -0.39 is 0 Å². The lowest BCUT2D eigenvalue weighted by Crippen LogP contribution is -2.18. The van der Waals surface area contributed by atoms with Crippen LogP contribution in [0.5, 0.6) is 0 Å². The Kier molecular flexibility index (Phi) is 10.5. The van der Waals surface area contributed by atoms with Crippen LogP contribution in [0.3, 0.4) is 0 Å². The number of ether oxygens (including phenoxy) is 1. The number of nitrogens with one attached hydrogen (secondary N) is 3. The summed E-state index contributed by atoms with van der Waals surface area (Å²) in [6, 6.07) is 34.1. The van der Waals surface area contributed by atoms with Crippen molar-refractivity contribution in [2.24, 2.45) is 0 Å². The predicted molar refractivity (Wildman–Crippen MR) is 159 cm³/mol. The van der Waals surface area contributed by atoms with Gasteiger partial charge in [0.1, 0.15) is 0 Å².